The van der Waals surface area contributed by atoms with Gasteiger partial charge >= 0.3 is 0 Å². The van der Waals surface area contributed by atoms with Crippen molar-refractivity contribution in [2.24, 2.45) is 15.8 Å². The normalized spacial score (nSPS) is 13.7. The van der Waals surface area contributed by atoms with Crippen molar-refractivity contribution >= 4 is 39.7 Å². The van der Waals surface area contributed by atoms with Crippen molar-refractivity contribution < 1.29 is 0 Å². The Bertz CT molecular complexity index is 2050. The molecule has 0 saturated carbocycles. The first-order valence-electron chi connectivity index (χ1n) is 22.1. The lowest BCUT2D eigenvalue weighted by Crippen LogP contribution is -2.19. The molecule has 3 nitrogen and oxygen atoms in total. The first kappa shape index (κ1) is 46.9. The topological polar surface area (TPSA) is 41.0 Å². The lowest BCUT2D eigenvalue weighted by molar-refractivity contribution is 0.498. The maximum absolute atomic E-state index is 4.78. The number of nitrogens with zero attached hydrogens (tertiary/aromatic N) is 2. The van der Waals surface area contributed by atoms with Gasteiger partial charge in [0.2, 0.25) is 0 Å². The second kappa shape index (κ2) is 19.5. The minimum absolute atomic E-state index is 0.191. The van der Waals surface area contributed by atoms with E-state index in [1.807, 2.05) is 0 Å². The zero-order chi connectivity index (χ0) is 43.3. The Morgan fingerprint density at radius 2 is 1.14 bits per heavy atom. The summed E-state index contributed by atoms with van der Waals surface area (Å²) >= 11 is 1.77. The molecule has 1 aliphatic carbocycles. The molecule has 0 unspecified atom stereocenters. The van der Waals surface area contributed by atoms with Gasteiger partial charge in [-0.3, -0.25) is 4.99 Å². The van der Waals surface area contributed by atoms with Crippen LogP contribution in [0, 0.1) is 10.8 Å². The summed E-state index contributed by atoms with van der Waals surface area (Å²) in [5.74, 6) is 3.52. The van der Waals surface area contributed by atoms with E-state index in [-0.39, 0.29) is 5.41 Å². The molecule has 0 radical (unpaired) electrons. The molecule has 3 heterocycles. The van der Waals surface area contributed by atoms with Crippen molar-refractivity contribution in [3.63, 3.8) is 0 Å². The number of rotatable bonds is 6. The number of benzene rings is 3. The van der Waals surface area contributed by atoms with Crippen LogP contribution in [-0.2, 0) is 12.8 Å². The highest BCUT2D eigenvalue weighted by Crippen LogP contribution is 2.38. The van der Waals surface area contributed by atoms with Crippen molar-refractivity contribution in [3.05, 3.63) is 121 Å². The molecule has 0 saturated heterocycles. The summed E-state index contributed by atoms with van der Waals surface area (Å²) in [6.45, 7) is 40.2. The van der Waals surface area contributed by atoms with Gasteiger partial charge in [-0.15, -0.1) is 11.3 Å². The van der Waals surface area contributed by atoms with Crippen LogP contribution in [0.25, 0.3) is 17.0 Å². The van der Waals surface area contributed by atoms with Crippen molar-refractivity contribution in [2.45, 2.75) is 173 Å². The molecule has 0 spiro atoms. The van der Waals surface area contributed by atoms with Gasteiger partial charge in [0, 0.05) is 40.1 Å². The van der Waals surface area contributed by atoms with Gasteiger partial charge in [-0.25, -0.2) is 4.98 Å². The SMILES string of the molecule is CC(C)c1ccc2c(c1)C=C(C(C)(C)C)C2.CC(C)c1ccc2c(c1)N=C(C(C)(C)C)C2.CC(C)c1ccc2cc(C(C)C)[nH]c2c1.CC(C)c1csc(C(C)C)n1. The number of nitrogens with one attached hydrogen (secondary N) is 1. The average molecular weight is 800 g/mol. The summed E-state index contributed by atoms with van der Waals surface area (Å²) in [7, 11) is 0. The van der Waals surface area contributed by atoms with Crippen LogP contribution in [0.1, 0.15) is 210 Å². The molecular weight excluding hydrogens is 723 g/mol. The van der Waals surface area contributed by atoms with Crippen LogP contribution in [0.15, 0.2) is 76.6 Å². The van der Waals surface area contributed by atoms with E-state index in [9.17, 15) is 0 Å². The van der Waals surface area contributed by atoms with Crippen LogP contribution in [0.5, 0.6) is 0 Å². The number of fused-ring (bicyclic) bond motifs is 3. The van der Waals surface area contributed by atoms with Crippen LogP contribution < -0.4 is 0 Å². The lowest BCUT2D eigenvalue weighted by atomic mass is 9.85. The van der Waals surface area contributed by atoms with Gasteiger partial charge in [0.1, 0.15) is 0 Å². The smallest absolute Gasteiger partial charge is 0.0953 e. The van der Waals surface area contributed by atoms with Crippen molar-refractivity contribution in [1.29, 1.82) is 0 Å². The standard InChI is InChI=1S/C16H22.C15H21N.C14H19N.C9H15NS/c1-11(2)12-6-7-13-9-15(16(3,4)5)10-14(13)8-12;1-10(2)11-6-7-12-9-14(15(3,4)5)16-13(12)8-11;1-9(2)11-5-6-12-8-13(10(3)4)15-14(12)7-11;1-6(2)8-5-11-9(10-8)7(3)4/h6-8,10-11H,9H2,1-5H3;6-8,10H,9H2,1-5H3;5-10,15H,1-4H3;5-7H,1-4H3. The molecule has 0 amide bonds. The maximum atomic E-state index is 4.78. The highest BCUT2D eigenvalue weighted by atomic mass is 32.1. The zero-order valence-corrected chi connectivity index (χ0v) is 40.4. The van der Waals surface area contributed by atoms with Crippen LogP contribution >= 0.6 is 11.3 Å². The first-order chi connectivity index (χ1) is 26.9. The highest BCUT2D eigenvalue weighted by molar-refractivity contribution is 7.09. The van der Waals surface area contributed by atoms with Crippen molar-refractivity contribution in [1.82, 2.24) is 9.97 Å². The third-order valence-electron chi connectivity index (χ3n) is 11.3. The second-order valence-electron chi connectivity index (χ2n) is 20.5. The van der Waals surface area contributed by atoms with E-state index < -0.39 is 0 Å². The minimum atomic E-state index is 0.191. The first-order valence-corrected chi connectivity index (χ1v) is 22.9. The van der Waals surface area contributed by atoms with Gasteiger partial charge in [-0.1, -0.05) is 179 Å². The van der Waals surface area contributed by atoms with E-state index >= 15 is 0 Å². The Morgan fingerprint density at radius 1 is 0.569 bits per heavy atom. The number of aliphatic imine (C=N–C) groups is 1. The molecule has 58 heavy (non-hydrogen) atoms. The Kier molecular flexibility index (Phi) is 15.8. The number of aromatic nitrogens is 2. The van der Waals surface area contributed by atoms with Crippen LogP contribution in [-0.4, -0.2) is 15.7 Å². The molecule has 314 valence electrons. The number of thiazole rings is 1. The molecule has 3 aromatic carbocycles. The zero-order valence-electron chi connectivity index (χ0n) is 39.6. The maximum Gasteiger partial charge on any atom is 0.0953 e. The summed E-state index contributed by atoms with van der Waals surface area (Å²) in [6, 6.07) is 22.6. The third kappa shape index (κ3) is 12.6. The fraction of sp³-hybridized carbons (Fsp3) is 0.519. The third-order valence-corrected chi connectivity index (χ3v) is 12.5. The largest absolute Gasteiger partial charge is 0.358 e. The summed E-state index contributed by atoms with van der Waals surface area (Å²) < 4.78 is 0. The Labute approximate surface area is 358 Å². The fourth-order valence-electron chi connectivity index (χ4n) is 6.85. The number of H-pyrrole nitrogens is 1. The predicted octanol–water partition coefficient (Wildman–Crippen LogP) is 17.1. The van der Waals surface area contributed by atoms with E-state index in [2.05, 4.69) is 207 Å². The molecular formula is C54H77N3S. The number of hydrogen-bond donors (Lipinski definition) is 1. The molecule has 2 aromatic heterocycles. The molecule has 1 aliphatic heterocycles. The van der Waals surface area contributed by atoms with Gasteiger partial charge in [-0.2, -0.15) is 0 Å². The molecule has 0 fully saturated rings. The van der Waals surface area contributed by atoms with Crippen LogP contribution in [0.3, 0.4) is 0 Å². The molecule has 2 aliphatic rings. The number of aromatic amines is 1. The Hall–Kier alpha value is -3.76. The summed E-state index contributed by atoms with van der Waals surface area (Å²) in [6.07, 6.45) is 4.55. The van der Waals surface area contributed by atoms with E-state index in [1.54, 1.807) is 16.9 Å². The lowest BCUT2D eigenvalue weighted by Gasteiger charge is -2.19. The van der Waals surface area contributed by atoms with Crippen LogP contribution in [0.4, 0.5) is 5.69 Å². The summed E-state index contributed by atoms with van der Waals surface area (Å²) in [5, 5.41) is 4.75. The van der Waals surface area contributed by atoms with Gasteiger partial charge in [0.25, 0.3) is 0 Å². The fourth-order valence-corrected chi connectivity index (χ4v) is 7.85. The quantitative estimate of drug-likeness (QED) is 0.183. The van der Waals surface area contributed by atoms with Gasteiger partial charge in [0.15, 0.2) is 0 Å². The van der Waals surface area contributed by atoms with E-state index in [1.165, 1.54) is 72.1 Å². The number of allylic oxidation sites excluding steroid dienone is 1. The Morgan fingerprint density at radius 3 is 1.64 bits per heavy atom. The van der Waals surface area contributed by atoms with Crippen molar-refractivity contribution in [2.75, 3.05) is 0 Å². The highest BCUT2D eigenvalue weighted by Gasteiger charge is 2.25. The Balaban J connectivity index is 0.000000173. The molecule has 0 atom stereocenters. The average Bonchev–Trinajstić information content (AvgIpc) is 3.95. The number of hydrogen-bond acceptors (Lipinski definition) is 3. The second-order valence-corrected chi connectivity index (χ2v) is 21.4. The van der Waals surface area contributed by atoms with E-state index in [0.717, 1.165) is 12.8 Å². The molecule has 0 bridgehead atoms. The van der Waals surface area contributed by atoms with E-state index in [0.29, 0.717) is 40.9 Å². The monoisotopic (exact) mass is 800 g/mol. The predicted molar refractivity (Wildman–Crippen MR) is 259 cm³/mol. The summed E-state index contributed by atoms with van der Waals surface area (Å²) in [5.41, 5.74) is 16.9. The van der Waals surface area contributed by atoms with Gasteiger partial charge in [0.05, 0.1) is 16.4 Å². The molecule has 4 heteroatoms. The molecule has 7 rings (SSSR count). The van der Waals surface area contributed by atoms with Gasteiger partial charge in [-0.05, 0) is 98.4 Å². The molecule has 1 N–H and O–H groups in total. The van der Waals surface area contributed by atoms with Gasteiger partial charge < -0.3 is 4.98 Å². The molecule has 5 aromatic rings. The van der Waals surface area contributed by atoms with Crippen molar-refractivity contribution in [3.8, 4) is 0 Å². The van der Waals surface area contributed by atoms with E-state index in [4.69, 9.17) is 4.99 Å². The summed E-state index contributed by atoms with van der Waals surface area (Å²) in [4.78, 5) is 12.8. The van der Waals surface area contributed by atoms with Crippen LogP contribution in [0.2, 0.25) is 0 Å². The minimum Gasteiger partial charge on any atom is -0.358 e.